The molecule has 2 N–H and O–H groups in total. The normalized spacial score (nSPS) is 23.5. The van der Waals surface area contributed by atoms with Crippen molar-refractivity contribution in [2.45, 2.75) is 31.7 Å². The molecule has 1 heterocycles. The lowest BCUT2D eigenvalue weighted by Crippen LogP contribution is -2.49. The Labute approximate surface area is 162 Å². The summed E-state index contributed by atoms with van der Waals surface area (Å²) in [6.45, 7) is 5.59. The van der Waals surface area contributed by atoms with Crippen LogP contribution in [0.4, 0.5) is 18.0 Å². The van der Waals surface area contributed by atoms with Crippen LogP contribution in [0, 0.1) is 17.5 Å². The molecule has 0 aromatic heterocycles. The number of amides is 1. The highest BCUT2D eigenvalue weighted by Crippen LogP contribution is 2.34. The van der Waals surface area contributed by atoms with Crippen molar-refractivity contribution in [2.75, 3.05) is 39.3 Å². The number of hydrogen-bond donors (Lipinski definition) is 1. The van der Waals surface area contributed by atoms with Gasteiger partial charge in [-0.1, -0.05) is 11.6 Å². The Balaban J connectivity index is 1.57. The van der Waals surface area contributed by atoms with Gasteiger partial charge in [0.15, 0.2) is 11.6 Å². The van der Waals surface area contributed by atoms with Crippen LogP contribution in [0.15, 0.2) is 23.8 Å². The number of allylic oxidation sites excluding steroid dienone is 1. The molecule has 0 spiro atoms. The number of carbonyl (C=O) groups is 1. The zero-order valence-electron chi connectivity index (χ0n) is 16.0. The number of nitrogens with zero attached hydrogens (tertiary/aromatic N) is 2. The van der Waals surface area contributed by atoms with Gasteiger partial charge in [-0.3, -0.25) is 4.90 Å². The molecule has 5 nitrogen and oxygen atoms in total. The van der Waals surface area contributed by atoms with Gasteiger partial charge in [-0.25, -0.2) is 18.0 Å². The summed E-state index contributed by atoms with van der Waals surface area (Å²) in [6.07, 6.45) is 2.80. The molecular formula is C20H26F3N3O2. The average molecular weight is 397 g/mol. The van der Waals surface area contributed by atoms with E-state index in [1.807, 2.05) is 6.08 Å². The van der Waals surface area contributed by atoms with Gasteiger partial charge in [-0.15, -0.1) is 0 Å². The van der Waals surface area contributed by atoms with E-state index in [-0.39, 0.29) is 23.6 Å². The predicted octanol–water partition coefficient (Wildman–Crippen LogP) is 3.01. The number of nitrogens with two attached hydrogens (primary N) is 1. The largest absolute Gasteiger partial charge is 0.450 e. The minimum Gasteiger partial charge on any atom is -0.450 e. The molecule has 0 saturated carbocycles. The maximum absolute atomic E-state index is 14.1. The Hall–Kier alpha value is -2.06. The van der Waals surface area contributed by atoms with Gasteiger partial charge < -0.3 is 15.4 Å². The lowest BCUT2D eigenvalue weighted by atomic mass is 9.80. The molecule has 1 aliphatic carbocycles. The van der Waals surface area contributed by atoms with Gasteiger partial charge in [0.1, 0.15) is 5.82 Å². The maximum Gasteiger partial charge on any atom is 0.409 e. The molecule has 1 amide bonds. The van der Waals surface area contributed by atoms with Crippen molar-refractivity contribution < 1.29 is 22.7 Å². The minimum atomic E-state index is -1.19. The SMILES string of the molecule is CCOC(=O)N1CCN(CC2=CC[C@H](c3cc(F)c(F)cc3F)[C@@H](N)C2)CC1. The third kappa shape index (κ3) is 4.67. The lowest BCUT2D eigenvalue weighted by Gasteiger charge is -2.36. The second-order valence-electron chi connectivity index (χ2n) is 7.32. The first-order chi connectivity index (χ1) is 13.4. The molecule has 0 radical (unpaired) electrons. The van der Waals surface area contributed by atoms with Crippen LogP contribution < -0.4 is 5.73 Å². The van der Waals surface area contributed by atoms with E-state index < -0.39 is 17.5 Å². The minimum absolute atomic E-state index is 0.129. The third-order valence-electron chi connectivity index (χ3n) is 5.44. The van der Waals surface area contributed by atoms with E-state index in [4.69, 9.17) is 10.5 Å². The van der Waals surface area contributed by atoms with Gasteiger partial charge in [-0.2, -0.15) is 0 Å². The molecule has 1 aromatic rings. The molecular weight excluding hydrogens is 371 g/mol. The van der Waals surface area contributed by atoms with Crippen molar-refractivity contribution in [3.8, 4) is 0 Å². The summed E-state index contributed by atoms with van der Waals surface area (Å²) in [5.41, 5.74) is 7.53. The first-order valence-corrected chi connectivity index (χ1v) is 9.61. The smallest absolute Gasteiger partial charge is 0.409 e. The topological polar surface area (TPSA) is 58.8 Å². The highest BCUT2D eigenvalue weighted by atomic mass is 19.2. The summed E-state index contributed by atoms with van der Waals surface area (Å²) >= 11 is 0. The Morgan fingerprint density at radius 1 is 1.14 bits per heavy atom. The van der Waals surface area contributed by atoms with Gasteiger partial charge in [0.2, 0.25) is 0 Å². The van der Waals surface area contributed by atoms with Crippen molar-refractivity contribution >= 4 is 6.09 Å². The van der Waals surface area contributed by atoms with Crippen LogP contribution in [0.2, 0.25) is 0 Å². The Kier molecular flexibility index (Phi) is 6.61. The standard InChI is InChI=1S/C20H26F3N3O2/c1-2-28-20(27)26-7-5-25(6-8-26)12-13-3-4-14(19(24)9-13)15-10-17(22)18(23)11-16(15)21/h3,10-11,14,19H,2,4-9,12,24H2,1H3/t14-,19+/m1/s1. The molecule has 2 atom stereocenters. The van der Waals surface area contributed by atoms with Crippen molar-refractivity contribution in [3.63, 3.8) is 0 Å². The van der Waals surface area contributed by atoms with Gasteiger partial charge in [0, 0.05) is 50.7 Å². The second kappa shape index (κ2) is 8.96. The first-order valence-electron chi connectivity index (χ1n) is 9.61. The fraction of sp³-hybridized carbons (Fsp3) is 0.550. The van der Waals surface area contributed by atoms with Crippen LogP contribution in [0.1, 0.15) is 31.2 Å². The van der Waals surface area contributed by atoms with Crippen molar-refractivity contribution in [1.29, 1.82) is 0 Å². The number of halogens is 3. The molecule has 1 saturated heterocycles. The van der Waals surface area contributed by atoms with E-state index in [1.165, 1.54) is 0 Å². The van der Waals surface area contributed by atoms with E-state index >= 15 is 0 Å². The van der Waals surface area contributed by atoms with Crippen LogP contribution in [0.5, 0.6) is 0 Å². The summed E-state index contributed by atoms with van der Waals surface area (Å²) in [4.78, 5) is 15.7. The van der Waals surface area contributed by atoms with Crippen molar-refractivity contribution in [3.05, 3.63) is 46.8 Å². The molecule has 154 valence electrons. The summed E-state index contributed by atoms with van der Waals surface area (Å²) in [5, 5.41) is 0. The lowest BCUT2D eigenvalue weighted by molar-refractivity contribution is 0.0816. The molecule has 2 aliphatic rings. The zero-order chi connectivity index (χ0) is 20.3. The molecule has 8 heteroatoms. The summed E-state index contributed by atoms with van der Waals surface area (Å²) in [7, 11) is 0. The number of rotatable bonds is 4. The number of carbonyl (C=O) groups excluding carboxylic acids is 1. The third-order valence-corrected chi connectivity index (χ3v) is 5.44. The van der Waals surface area contributed by atoms with Crippen LogP contribution in [-0.2, 0) is 4.74 Å². The van der Waals surface area contributed by atoms with Crippen LogP contribution >= 0.6 is 0 Å². The van der Waals surface area contributed by atoms with Crippen LogP contribution in [-0.4, -0.2) is 61.3 Å². The molecule has 1 aromatic carbocycles. The average Bonchev–Trinajstić information content (AvgIpc) is 2.66. The molecule has 0 unspecified atom stereocenters. The predicted molar refractivity (Wildman–Crippen MR) is 99.4 cm³/mol. The number of hydrogen-bond acceptors (Lipinski definition) is 4. The summed E-state index contributed by atoms with van der Waals surface area (Å²) < 4.78 is 45.8. The van der Waals surface area contributed by atoms with E-state index in [1.54, 1.807) is 11.8 Å². The van der Waals surface area contributed by atoms with Crippen molar-refractivity contribution in [1.82, 2.24) is 9.80 Å². The van der Waals surface area contributed by atoms with Gasteiger partial charge in [-0.05, 0) is 31.4 Å². The van der Waals surface area contributed by atoms with E-state index in [0.717, 1.165) is 31.3 Å². The molecule has 1 fully saturated rings. The van der Waals surface area contributed by atoms with Gasteiger partial charge in [0.05, 0.1) is 6.61 Å². The van der Waals surface area contributed by atoms with Crippen LogP contribution in [0.3, 0.4) is 0 Å². The Morgan fingerprint density at radius 2 is 1.82 bits per heavy atom. The first kappa shape index (κ1) is 20.7. The zero-order valence-corrected chi connectivity index (χ0v) is 16.0. The van der Waals surface area contributed by atoms with E-state index in [0.29, 0.717) is 38.6 Å². The number of ether oxygens (including phenoxy) is 1. The molecule has 3 rings (SSSR count). The fourth-order valence-electron chi connectivity index (χ4n) is 3.90. The maximum atomic E-state index is 14.1. The fourth-order valence-corrected chi connectivity index (χ4v) is 3.90. The summed E-state index contributed by atoms with van der Waals surface area (Å²) in [5.74, 6) is -3.38. The monoisotopic (exact) mass is 397 g/mol. The second-order valence-corrected chi connectivity index (χ2v) is 7.32. The van der Waals surface area contributed by atoms with Crippen molar-refractivity contribution in [2.24, 2.45) is 5.73 Å². The Morgan fingerprint density at radius 3 is 2.46 bits per heavy atom. The van der Waals surface area contributed by atoms with Gasteiger partial charge >= 0.3 is 6.09 Å². The molecule has 0 bridgehead atoms. The molecule has 1 aliphatic heterocycles. The van der Waals surface area contributed by atoms with E-state index in [2.05, 4.69) is 4.90 Å². The van der Waals surface area contributed by atoms with E-state index in [9.17, 15) is 18.0 Å². The van der Waals surface area contributed by atoms with Gasteiger partial charge in [0.25, 0.3) is 0 Å². The number of benzene rings is 1. The number of piperazine rings is 1. The Bertz CT molecular complexity index is 748. The van der Waals surface area contributed by atoms with Crippen LogP contribution in [0.25, 0.3) is 0 Å². The highest BCUT2D eigenvalue weighted by molar-refractivity contribution is 5.67. The summed E-state index contributed by atoms with van der Waals surface area (Å²) in [6, 6.07) is 1.14. The molecule has 28 heavy (non-hydrogen) atoms. The quantitative estimate of drug-likeness (QED) is 0.627. The highest BCUT2D eigenvalue weighted by Gasteiger charge is 2.29.